The first-order valence-electron chi connectivity index (χ1n) is 5.77. The van der Waals surface area contributed by atoms with E-state index in [1.54, 1.807) is 7.11 Å². The number of hydrogen-bond donors (Lipinski definition) is 1. The molecule has 0 aromatic heterocycles. The molecule has 0 spiro atoms. The summed E-state index contributed by atoms with van der Waals surface area (Å²) >= 11 is 0. The molecular formula is C13H18O4. The van der Waals surface area contributed by atoms with Crippen molar-refractivity contribution < 1.29 is 19.3 Å². The van der Waals surface area contributed by atoms with Crippen LogP contribution in [0.3, 0.4) is 0 Å². The Hall–Kier alpha value is -0.940. The summed E-state index contributed by atoms with van der Waals surface area (Å²) in [6, 6.07) is 9.95. The molecule has 17 heavy (non-hydrogen) atoms. The summed E-state index contributed by atoms with van der Waals surface area (Å²) in [6.07, 6.45) is -0.486. The van der Waals surface area contributed by atoms with Crippen molar-refractivity contribution in [3.05, 3.63) is 35.9 Å². The smallest absolute Gasteiger partial charge is 0.157 e. The van der Waals surface area contributed by atoms with Crippen LogP contribution in [-0.4, -0.2) is 37.3 Å². The molecule has 1 N–H and O–H groups in total. The van der Waals surface area contributed by atoms with Gasteiger partial charge in [0.05, 0.1) is 19.3 Å². The topological polar surface area (TPSA) is 47.9 Å². The van der Waals surface area contributed by atoms with Crippen molar-refractivity contribution in [2.24, 2.45) is 0 Å². The fraction of sp³-hybridized carbons (Fsp3) is 0.538. The number of benzene rings is 1. The predicted molar refractivity (Wildman–Crippen MR) is 62.4 cm³/mol. The monoisotopic (exact) mass is 238 g/mol. The van der Waals surface area contributed by atoms with Gasteiger partial charge in [0.1, 0.15) is 6.10 Å². The van der Waals surface area contributed by atoms with Crippen LogP contribution < -0.4 is 0 Å². The lowest BCUT2D eigenvalue weighted by Gasteiger charge is -2.16. The molecular weight excluding hydrogens is 220 g/mol. The Bertz CT molecular complexity index is 327. The maximum absolute atomic E-state index is 9.36. The van der Waals surface area contributed by atoms with Crippen LogP contribution in [-0.2, 0) is 20.8 Å². The molecule has 0 bridgehead atoms. The molecule has 2 rings (SSSR count). The molecule has 1 fully saturated rings. The highest BCUT2D eigenvalue weighted by Crippen LogP contribution is 2.21. The maximum Gasteiger partial charge on any atom is 0.157 e. The quantitative estimate of drug-likeness (QED) is 0.840. The molecule has 4 nitrogen and oxygen atoms in total. The lowest BCUT2D eigenvalue weighted by atomic mass is 10.2. The van der Waals surface area contributed by atoms with E-state index in [9.17, 15) is 5.11 Å². The van der Waals surface area contributed by atoms with E-state index in [0.717, 1.165) is 5.56 Å². The van der Waals surface area contributed by atoms with Crippen molar-refractivity contribution in [1.82, 2.24) is 0 Å². The van der Waals surface area contributed by atoms with E-state index in [2.05, 4.69) is 0 Å². The van der Waals surface area contributed by atoms with Gasteiger partial charge in [-0.2, -0.15) is 0 Å². The van der Waals surface area contributed by atoms with Crippen molar-refractivity contribution in [3.63, 3.8) is 0 Å². The van der Waals surface area contributed by atoms with E-state index in [4.69, 9.17) is 14.2 Å². The number of hydrogen-bond acceptors (Lipinski definition) is 4. The first-order chi connectivity index (χ1) is 8.29. The highest BCUT2D eigenvalue weighted by Gasteiger charge is 2.34. The minimum atomic E-state index is -0.731. The summed E-state index contributed by atoms with van der Waals surface area (Å²) in [4.78, 5) is 0. The Labute approximate surface area is 101 Å². The van der Waals surface area contributed by atoms with Gasteiger partial charge in [-0.25, -0.2) is 0 Å². The molecule has 0 unspecified atom stereocenters. The van der Waals surface area contributed by atoms with E-state index < -0.39 is 6.29 Å². The van der Waals surface area contributed by atoms with E-state index in [0.29, 0.717) is 19.6 Å². The summed E-state index contributed by atoms with van der Waals surface area (Å²) in [7, 11) is 1.62. The summed E-state index contributed by atoms with van der Waals surface area (Å²) in [5.41, 5.74) is 1.13. The number of rotatable bonds is 5. The second-order valence-corrected chi connectivity index (χ2v) is 4.14. The number of methoxy groups -OCH3 is 1. The molecule has 0 saturated carbocycles. The molecule has 1 aliphatic rings. The molecule has 1 heterocycles. The molecule has 3 atom stereocenters. The maximum atomic E-state index is 9.36. The highest BCUT2D eigenvalue weighted by atomic mass is 16.6. The standard InChI is InChI=1S/C13H18O4/c1-15-11-7-13(14)17-12(11)9-16-8-10-5-3-2-4-6-10/h2-6,11-14H,7-9H2,1H3/t11-,12+,13+/m0/s1. The molecule has 0 radical (unpaired) electrons. The zero-order chi connectivity index (χ0) is 12.1. The molecule has 0 aliphatic carbocycles. The summed E-state index contributed by atoms with van der Waals surface area (Å²) in [5, 5.41) is 9.36. The first kappa shape index (κ1) is 12.5. The lowest BCUT2D eigenvalue weighted by molar-refractivity contribution is -0.119. The van der Waals surface area contributed by atoms with Gasteiger partial charge in [-0.05, 0) is 5.56 Å². The Kier molecular flexibility index (Phi) is 4.50. The zero-order valence-corrected chi connectivity index (χ0v) is 9.91. The number of aliphatic hydroxyl groups is 1. The van der Waals surface area contributed by atoms with Crippen LogP contribution in [0.2, 0.25) is 0 Å². The zero-order valence-electron chi connectivity index (χ0n) is 9.91. The minimum Gasteiger partial charge on any atom is -0.378 e. The Balaban J connectivity index is 1.75. The predicted octanol–water partition coefficient (Wildman–Crippen LogP) is 1.33. The molecule has 1 aliphatic heterocycles. The van der Waals surface area contributed by atoms with E-state index in [1.807, 2.05) is 30.3 Å². The van der Waals surface area contributed by atoms with Crippen molar-refractivity contribution >= 4 is 0 Å². The SMILES string of the molecule is CO[C@H]1C[C@H](O)O[C@@H]1COCc1ccccc1. The minimum absolute atomic E-state index is 0.0826. The van der Waals surface area contributed by atoms with E-state index in [-0.39, 0.29) is 12.2 Å². The van der Waals surface area contributed by atoms with Crippen LogP contribution in [0.4, 0.5) is 0 Å². The largest absolute Gasteiger partial charge is 0.378 e. The average Bonchev–Trinajstić information content (AvgIpc) is 2.71. The van der Waals surface area contributed by atoms with Crippen LogP contribution in [0.5, 0.6) is 0 Å². The van der Waals surface area contributed by atoms with Gasteiger partial charge in [-0.1, -0.05) is 30.3 Å². The van der Waals surface area contributed by atoms with Crippen LogP contribution in [0.15, 0.2) is 30.3 Å². The van der Waals surface area contributed by atoms with Gasteiger partial charge in [-0.3, -0.25) is 0 Å². The van der Waals surface area contributed by atoms with Crippen LogP contribution in [0, 0.1) is 0 Å². The van der Waals surface area contributed by atoms with Gasteiger partial charge in [0.25, 0.3) is 0 Å². The molecule has 4 heteroatoms. The van der Waals surface area contributed by atoms with Crippen molar-refractivity contribution in [3.8, 4) is 0 Å². The first-order valence-corrected chi connectivity index (χ1v) is 5.77. The van der Waals surface area contributed by atoms with Crippen LogP contribution in [0.25, 0.3) is 0 Å². The Morgan fingerprint density at radius 2 is 2.12 bits per heavy atom. The fourth-order valence-corrected chi connectivity index (χ4v) is 1.96. The third-order valence-corrected chi connectivity index (χ3v) is 2.88. The van der Waals surface area contributed by atoms with Crippen LogP contribution >= 0.6 is 0 Å². The van der Waals surface area contributed by atoms with Gasteiger partial charge in [-0.15, -0.1) is 0 Å². The summed E-state index contributed by atoms with van der Waals surface area (Å²) in [6.45, 7) is 0.984. The molecule has 1 aromatic rings. The molecule has 0 amide bonds. The van der Waals surface area contributed by atoms with E-state index in [1.165, 1.54) is 0 Å². The van der Waals surface area contributed by atoms with Gasteiger partial charge in [0.2, 0.25) is 0 Å². The Morgan fingerprint density at radius 1 is 1.35 bits per heavy atom. The average molecular weight is 238 g/mol. The van der Waals surface area contributed by atoms with Gasteiger partial charge in [0, 0.05) is 13.5 Å². The lowest BCUT2D eigenvalue weighted by Crippen LogP contribution is -2.28. The third-order valence-electron chi connectivity index (χ3n) is 2.88. The van der Waals surface area contributed by atoms with E-state index >= 15 is 0 Å². The molecule has 94 valence electrons. The highest BCUT2D eigenvalue weighted by molar-refractivity contribution is 5.13. The Morgan fingerprint density at radius 3 is 2.82 bits per heavy atom. The number of ether oxygens (including phenoxy) is 3. The van der Waals surface area contributed by atoms with Gasteiger partial charge >= 0.3 is 0 Å². The van der Waals surface area contributed by atoms with Crippen molar-refractivity contribution in [2.45, 2.75) is 31.5 Å². The molecule has 1 aromatic carbocycles. The second kappa shape index (κ2) is 6.12. The summed E-state index contributed by atoms with van der Waals surface area (Å²) < 4.78 is 16.1. The summed E-state index contributed by atoms with van der Waals surface area (Å²) in [5.74, 6) is 0. The van der Waals surface area contributed by atoms with Crippen molar-refractivity contribution in [1.29, 1.82) is 0 Å². The fourth-order valence-electron chi connectivity index (χ4n) is 1.96. The third kappa shape index (κ3) is 3.51. The second-order valence-electron chi connectivity index (χ2n) is 4.14. The van der Waals surface area contributed by atoms with Crippen LogP contribution in [0.1, 0.15) is 12.0 Å². The number of aliphatic hydroxyl groups excluding tert-OH is 1. The molecule has 1 saturated heterocycles. The van der Waals surface area contributed by atoms with Gasteiger partial charge < -0.3 is 19.3 Å². The van der Waals surface area contributed by atoms with Gasteiger partial charge in [0.15, 0.2) is 6.29 Å². The normalized spacial score (nSPS) is 28.5. The van der Waals surface area contributed by atoms with Crippen molar-refractivity contribution in [2.75, 3.05) is 13.7 Å².